The van der Waals surface area contributed by atoms with Crippen LogP contribution in [0.2, 0.25) is 0 Å². The molecule has 4 saturated carbocycles. The first-order valence-electron chi connectivity index (χ1n) is 16.8. The van der Waals surface area contributed by atoms with E-state index in [0.29, 0.717) is 19.3 Å². The van der Waals surface area contributed by atoms with Crippen LogP contribution >= 0.6 is 0 Å². The topological polar surface area (TPSA) is 169 Å². The van der Waals surface area contributed by atoms with E-state index in [4.69, 9.17) is 14.2 Å². The highest BCUT2D eigenvalue weighted by Crippen LogP contribution is 2.70. The van der Waals surface area contributed by atoms with E-state index < -0.39 is 65.3 Å². The molecular weight excluding hydrogens is 568 g/mol. The van der Waals surface area contributed by atoms with E-state index in [1.807, 2.05) is 6.92 Å². The fourth-order valence-corrected chi connectivity index (χ4v) is 10.9. The number of aliphatic hydroxyl groups is 7. The van der Waals surface area contributed by atoms with Gasteiger partial charge in [-0.1, -0.05) is 39.8 Å². The van der Waals surface area contributed by atoms with Crippen molar-refractivity contribution in [2.75, 3.05) is 20.3 Å². The molecule has 0 spiro atoms. The first-order valence-corrected chi connectivity index (χ1v) is 16.8. The van der Waals surface area contributed by atoms with Crippen molar-refractivity contribution in [3.05, 3.63) is 12.2 Å². The number of methoxy groups -OCH3 is 1. The summed E-state index contributed by atoms with van der Waals surface area (Å²) in [5.74, 6) is -1.00. The molecule has 5 fully saturated rings. The van der Waals surface area contributed by atoms with Gasteiger partial charge in [0.25, 0.3) is 0 Å². The third-order valence-corrected chi connectivity index (χ3v) is 13.3. The highest BCUT2D eigenvalue weighted by molar-refractivity contribution is 5.22. The molecule has 44 heavy (non-hydrogen) atoms. The van der Waals surface area contributed by atoms with Crippen molar-refractivity contribution < 1.29 is 50.0 Å². The second-order valence-electron chi connectivity index (χ2n) is 15.7. The molecular formula is C34H58O10. The maximum atomic E-state index is 12.7. The van der Waals surface area contributed by atoms with Crippen molar-refractivity contribution in [1.29, 1.82) is 0 Å². The van der Waals surface area contributed by atoms with Gasteiger partial charge in [0.2, 0.25) is 0 Å². The summed E-state index contributed by atoms with van der Waals surface area (Å²) in [4.78, 5) is 0. The van der Waals surface area contributed by atoms with Gasteiger partial charge in [-0.2, -0.15) is 0 Å². The Morgan fingerprint density at radius 3 is 2.32 bits per heavy atom. The van der Waals surface area contributed by atoms with Crippen molar-refractivity contribution in [2.45, 2.75) is 134 Å². The molecule has 254 valence electrons. The Kier molecular flexibility index (Phi) is 10.0. The molecule has 4 unspecified atom stereocenters. The predicted molar refractivity (Wildman–Crippen MR) is 162 cm³/mol. The largest absolute Gasteiger partial charge is 0.396 e. The van der Waals surface area contributed by atoms with Gasteiger partial charge in [0.1, 0.15) is 18.3 Å². The smallest absolute Gasteiger partial charge is 0.186 e. The summed E-state index contributed by atoms with van der Waals surface area (Å²) in [6.45, 7) is 12.5. The molecule has 0 radical (unpaired) electrons. The highest BCUT2D eigenvalue weighted by atomic mass is 16.7. The molecule has 0 aromatic rings. The summed E-state index contributed by atoms with van der Waals surface area (Å²) in [7, 11) is 1.44. The van der Waals surface area contributed by atoms with Gasteiger partial charge < -0.3 is 50.0 Å². The van der Waals surface area contributed by atoms with Gasteiger partial charge in [-0.05, 0) is 85.4 Å². The second kappa shape index (κ2) is 12.7. The standard InChI is InChI=1S/C34H58O10/c1-17(19(3)15-35)7-8-18(2)25-27(39)28(40)30-33(25,5)12-10-24-32(4)11-9-20(13-21(32)22(36)14-34(24,30)41)44-31-29(42-6)26(38)23(37)16-43-31/h18-31,35-41H,1,7-16H2,2-6H3/t18-,19?,20+,21?,22-,23-,24?,25+,26+,27-,28+,29-,30?,31+,32+,33-,34+/m1/s1. The van der Waals surface area contributed by atoms with Crippen LogP contribution in [-0.2, 0) is 14.2 Å². The fourth-order valence-electron chi connectivity index (χ4n) is 10.9. The van der Waals surface area contributed by atoms with Crippen LogP contribution in [0.3, 0.4) is 0 Å². The van der Waals surface area contributed by atoms with E-state index in [0.717, 1.165) is 31.3 Å². The minimum absolute atomic E-state index is 0.00905. The van der Waals surface area contributed by atoms with Crippen LogP contribution < -0.4 is 0 Å². The number of hydrogen-bond donors (Lipinski definition) is 7. The molecule has 5 rings (SSSR count). The lowest BCUT2D eigenvalue weighted by atomic mass is 9.42. The van der Waals surface area contributed by atoms with Crippen molar-refractivity contribution in [1.82, 2.24) is 0 Å². The molecule has 4 aliphatic carbocycles. The first-order chi connectivity index (χ1) is 20.6. The van der Waals surface area contributed by atoms with E-state index in [9.17, 15) is 35.7 Å². The van der Waals surface area contributed by atoms with Crippen LogP contribution in [0.1, 0.15) is 79.1 Å². The normalized spacial score (nSPS) is 52.0. The summed E-state index contributed by atoms with van der Waals surface area (Å²) in [6.07, 6.45) is -1.90. The zero-order valence-electron chi connectivity index (χ0n) is 27.2. The zero-order chi connectivity index (χ0) is 32.4. The second-order valence-corrected chi connectivity index (χ2v) is 15.7. The van der Waals surface area contributed by atoms with Gasteiger partial charge in [-0.3, -0.25) is 0 Å². The molecule has 1 heterocycles. The highest BCUT2D eigenvalue weighted by Gasteiger charge is 2.72. The number of fused-ring (bicyclic) bond motifs is 5. The first kappa shape index (κ1) is 34.7. The van der Waals surface area contributed by atoms with Gasteiger partial charge in [0.05, 0.1) is 36.6 Å². The van der Waals surface area contributed by atoms with E-state index in [1.54, 1.807) is 0 Å². The van der Waals surface area contributed by atoms with Gasteiger partial charge in [0, 0.05) is 26.1 Å². The molecule has 17 atom stereocenters. The maximum absolute atomic E-state index is 12.7. The summed E-state index contributed by atoms with van der Waals surface area (Å²) in [6, 6.07) is 0. The Balaban J connectivity index is 1.33. The molecule has 5 aliphatic rings. The fraction of sp³-hybridized carbons (Fsp3) is 0.941. The van der Waals surface area contributed by atoms with Crippen LogP contribution in [0.15, 0.2) is 12.2 Å². The Bertz CT molecular complexity index is 1030. The van der Waals surface area contributed by atoms with E-state index >= 15 is 0 Å². The lowest BCUT2D eigenvalue weighted by Crippen LogP contribution is -2.69. The predicted octanol–water partition coefficient (Wildman–Crippen LogP) is 1.75. The van der Waals surface area contributed by atoms with Crippen LogP contribution in [0.5, 0.6) is 0 Å². The zero-order valence-corrected chi connectivity index (χ0v) is 27.2. The molecule has 0 amide bonds. The average Bonchev–Trinajstić information content (AvgIpc) is 3.18. The van der Waals surface area contributed by atoms with E-state index in [1.165, 1.54) is 7.11 Å². The van der Waals surface area contributed by atoms with E-state index in [-0.39, 0.29) is 55.3 Å². The van der Waals surface area contributed by atoms with Crippen LogP contribution in [0.4, 0.5) is 0 Å². The molecule has 1 saturated heterocycles. The van der Waals surface area contributed by atoms with Crippen LogP contribution in [0, 0.1) is 46.3 Å². The number of aliphatic hydroxyl groups excluding tert-OH is 6. The Morgan fingerprint density at radius 1 is 0.977 bits per heavy atom. The van der Waals surface area contributed by atoms with Crippen molar-refractivity contribution >= 4 is 0 Å². The molecule has 0 aromatic carbocycles. The lowest BCUT2D eigenvalue weighted by molar-refractivity contribution is -0.303. The number of hydrogen-bond acceptors (Lipinski definition) is 10. The van der Waals surface area contributed by atoms with Gasteiger partial charge in [-0.25, -0.2) is 0 Å². The molecule has 1 aliphatic heterocycles. The monoisotopic (exact) mass is 626 g/mol. The molecule has 0 aromatic heterocycles. The number of ether oxygens (including phenoxy) is 3. The van der Waals surface area contributed by atoms with E-state index in [2.05, 4.69) is 27.4 Å². The van der Waals surface area contributed by atoms with Gasteiger partial charge in [-0.15, -0.1) is 0 Å². The maximum Gasteiger partial charge on any atom is 0.186 e. The van der Waals surface area contributed by atoms with Crippen molar-refractivity contribution in [3.8, 4) is 0 Å². The van der Waals surface area contributed by atoms with Crippen molar-refractivity contribution in [2.24, 2.45) is 46.3 Å². The average molecular weight is 627 g/mol. The Morgan fingerprint density at radius 2 is 1.66 bits per heavy atom. The molecule has 10 nitrogen and oxygen atoms in total. The van der Waals surface area contributed by atoms with Gasteiger partial charge >= 0.3 is 0 Å². The quantitative estimate of drug-likeness (QED) is 0.148. The van der Waals surface area contributed by atoms with Crippen LogP contribution in [0.25, 0.3) is 0 Å². The lowest BCUT2D eigenvalue weighted by Gasteiger charge is -2.66. The molecule has 10 heteroatoms. The number of rotatable bonds is 9. The Labute approximate surface area is 262 Å². The molecule has 0 bridgehead atoms. The SMILES string of the molecule is C=C(CC[C@@H](C)[C@H]1[C@@H](O)[C@H](O)C2[C@]3(O)C[C@@H](O)C4C[C@@H](O[C@@H]5OC[C@@H](O)[C@H](O)[C@H]5OC)CC[C@]4(C)C3CC[C@@]21C)C(C)CO. The van der Waals surface area contributed by atoms with Crippen molar-refractivity contribution in [3.63, 3.8) is 0 Å². The summed E-state index contributed by atoms with van der Waals surface area (Å²) in [5, 5.41) is 77.4. The van der Waals surface area contributed by atoms with Crippen LogP contribution in [-0.4, -0.2) is 111 Å². The Hall–Kier alpha value is -0.660. The summed E-state index contributed by atoms with van der Waals surface area (Å²) in [5.41, 5.74) is -1.25. The minimum atomic E-state index is -1.33. The summed E-state index contributed by atoms with van der Waals surface area (Å²) >= 11 is 0. The third-order valence-electron chi connectivity index (χ3n) is 13.3. The third kappa shape index (κ3) is 5.53. The molecule has 7 N–H and O–H groups in total. The minimum Gasteiger partial charge on any atom is -0.396 e. The van der Waals surface area contributed by atoms with Gasteiger partial charge in [0.15, 0.2) is 6.29 Å². The summed E-state index contributed by atoms with van der Waals surface area (Å²) < 4.78 is 17.4.